The molecule has 0 aliphatic carbocycles. The van der Waals surface area contributed by atoms with Gasteiger partial charge in [-0.1, -0.05) is 18.2 Å². The van der Waals surface area contributed by atoms with E-state index in [-0.39, 0.29) is 0 Å². The van der Waals surface area contributed by atoms with Crippen molar-refractivity contribution >= 4 is 17.3 Å². The molecule has 1 N–H and O–H groups in total. The fourth-order valence-corrected chi connectivity index (χ4v) is 1.15. The van der Waals surface area contributed by atoms with Gasteiger partial charge in [-0.15, -0.1) is 0 Å². The molecule has 1 rings (SSSR count). The van der Waals surface area contributed by atoms with Crippen molar-refractivity contribution < 1.29 is 4.92 Å². The van der Waals surface area contributed by atoms with Crippen molar-refractivity contribution in [1.82, 2.24) is 0 Å². The van der Waals surface area contributed by atoms with Crippen molar-refractivity contribution in [2.45, 2.75) is 13.8 Å². The summed E-state index contributed by atoms with van der Waals surface area (Å²) in [5, 5.41) is 12.9. The van der Waals surface area contributed by atoms with Gasteiger partial charge in [0.2, 0.25) is 0 Å². The summed E-state index contributed by atoms with van der Waals surface area (Å²) >= 11 is 5.49. The molecule has 4 nitrogen and oxygen atoms in total. The van der Waals surface area contributed by atoms with Crippen LogP contribution >= 0.6 is 11.6 Å². The third kappa shape index (κ3) is 2.95. The maximum absolute atomic E-state index is 10.4. The van der Waals surface area contributed by atoms with Gasteiger partial charge in [0.25, 0.3) is 0 Å². The lowest BCUT2D eigenvalue weighted by molar-refractivity contribution is -0.413. The molecular weight excluding hydrogens is 216 g/mol. The van der Waals surface area contributed by atoms with E-state index in [9.17, 15) is 10.1 Å². The summed E-state index contributed by atoms with van der Waals surface area (Å²) in [6.07, 6.45) is 0. The Hall–Kier alpha value is -1.55. The van der Waals surface area contributed by atoms with E-state index < -0.39 is 10.1 Å². The summed E-state index contributed by atoms with van der Waals surface area (Å²) in [6.45, 7) is 3.48. The molecule has 0 fully saturated rings. The number of allylic oxidation sites excluding steroid dienone is 1. The van der Waals surface area contributed by atoms with Crippen LogP contribution in [0, 0.1) is 17.0 Å². The highest BCUT2D eigenvalue weighted by Crippen LogP contribution is 2.18. The maximum Gasteiger partial charge on any atom is 0.356 e. The standard InChI is InChI=1S/C10H11ClN2O2/c1-7-5-3-4-6-9(7)12-8(2)10(11)13(14)15/h3-6,12H,1-2H3. The van der Waals surface area contributed by atoms with Gasteiger partial charge >= 0.3 is 5.16 Å². The molecule has 0 aromatic heterocycles. The van der Waals surface area contributed by atoms with E-state index in [0.717, 1.165) is 11.3 Å². The van der Waals surface area contributed by atoms with Crippen molar-refractivity contribution in [3.05, 3.63) is 50.8 Å². The van der Waals surface area contributed by atoms with E-state index >= 15 is 0 Å². The number of hydrogen-bond donors (Lipinski definition) is 1. The Labute approximate surface area is 92.7 Å². The summed E-state index contributed by atoms with van der Waals surface area (Å²) < 4.78 is 0. The highest BCUT2D eigenvalue weighted by atomic mass is 35.5. The van der Waals surface area contributed by atoms with Crippen LogP contribution in [0.4, 0.5) is 5.69 Å². The number of nitro groups is 1. The summed E-state index contributed by atoms with van der Waals surface area (Å²) in [5.41, 5.74) is 2.15. The van der Waals surface area contributed by atoms with Crippen LogP contribution in [0.15, 0.2) is 35.1 Å². The molecule has 1 aromatic rings. The predicted octanol–water partition coefficient (Wildman–Crippen LogP) is 3.11. The van der Waals surface area contributed by atoms with E-state index in [2.05, 4.69) is 5.32 Å². The second-order valence-corrected chi connectivity index (χ2v) is 3.47. The molecule has 0 amide bonds. The molecule has 1 aromatic carbocycles. The minimum atomic E-state index is -0.623. The zero-order chi connectivity index (χ0) is 11.4. The van der Waals surface area contributed by atoms with Crippen LogP contribution < -0.4 is 5.32 Å². The average molecular weight is 227 g/mol. The Balaban J connectivity index is 2.93. The molecule has 0 aliphatic rings. The van der Waals surface area contributed by atoms with Crippen molar-refractivity contribution in [2.24, 2.45) is 0 Å². The Morgan fingerprint density at radius 2 is 2.07 bits per heavy atom. The first kappa shape index (κ1) is 11.5. The number of aryl methyl sites for hydroxylation is 1. The number of nitrogens with one attached hydrogen (secondary N) is 1. The zero-order valence-corrected chi connectivity index (χ0v) is 9.21. The predicted molar refractivity (Wildman–Crippen MR) is 60.3 cm³/mol. The van der Waals surface area contributed by atoms with Crippen LogP contribution in [-0.2, 0) is 0 Å². The molecule has 0 saturated carbocycles. The lowest BCUT2D eigenvalue weighted by Crippen LogP contribution is -2.04. The maximum atomic E-state index is 10.4. The third-order valence-corrected chi connectivity index (χ3v) is 2.36. The first-order chi connectivity index (χ1) is 7.02. The normalized spacial score (nSPS) is 11.9. The number of hydrogen-bond acceptors (Lipinski definition) is 3. The van der Waals surface area contributed by atoms with Gasteiger partial charge in [-0.05, 0) is 37.1 Å². The fraction of sp³-hybridized carbons (Fsp3) is 0.200. The van der Waals surface area contributed by atoms with Crippen LogP contribution in [0.1, 0.15) is 12.5 Å². The minimum absolute atomic E-state index is 0.330. The quantitative estimate of drug-likeness (QED) is 0.490. The number of nitrogens with zero attached hydrogens (tertiary/aromatic N) is 1. The Bertz CT molecular complexity index is 416. The number of benzene rings is 1. The molecule has 0 saturated heterocycles. The van der Waals surface area contributed by atoms with Gasteiger partial charge in [0.1, 0.15) is 5.70 Å². The molecule has 5 heteroatoms. The van der Waals surface area contributed by atoms with Crippen LogP contribution in [0.5, 0.6) is 0 Å². The van der Waals surface area contributed by atoms with E-state index in [1.165, 1.54) is 0 Å². The molecule has 0 spiro atoms. The summed E-state index contributed by atoms with van der Waals surface area (Å²) in [6, 6.07) is 7.50. The Morgan fingerprint density at radius 1 is 1.47 bits per heavy atom. The smallest absolute Gasteiger partial charge is 0.353 e. The van der Waals surface area contributed by atoms with Gasteiger partial charge in [0, 0.05) is 5.69 Å². The molecule has 15 heavy (non-hydrogen) atoms. The van der Waals surface area contributed by atoms with Crippen LogP contribution in [0.2, 0.25) is 0 Å². The number of rotatable bonds is 3. The summed E-state index contributed by atoms with van der Waals surface area (Å²) in [5.74, 6) is 0. The van der Waals surface area contributed by atoms with Crippen molar-refractivity contribution in [3.63, 3.8) is 0 Å². The molecule has 0 atom stereocenters. The molecule has 0 heterocycles. The average Bonchev–Trinajstić information content (AvgIpc) is 2.20. The number of para-hydroxylation sites is 1. The first-order valence-electron chi connectivity index (χ1n) is 4.36. The van der Waals surface area contributed by atoms with Crippen LogP contribution in [0.25, 0.3) is 0 Å². The second-order valence-electron chi connectivity index (χ2n) is 3.11. The Morgan fingerprint density at radius 3 is 2.60 bits per heavy atom. The van der Waals surface area contributed by atoms with Gasteiger partial charge < -0.3 is 5.32 Å². The van der Waals surface area contributed by atoms with Crippen molar-refractivity contribution in [1.29, 1.82) is 0 Å². The van der Waals surface area contributed by atoms with Gasteiger partial charge in [-0.3, -0.25) is 10.1 Å². The Kier molecular flexibility index (Phi) is 3.68. The van der Waals surface area contributed by atoms with Crippen molar-refractivity contribution in [2.75, 3.05) is 5.32 Å². The van der Waals surface area contributed by atoms with Gasteiger partial charge in [-0.2, -0.15) is 0 Å². The monoisotopic (exact) mass is 226 g/mol. The molecular formula is C10H11ClN2O2. The zero-order valence-electron chi connectivity index (χ0n) is 8.45. The van der Waals surface area contributed by atoms with Crippen LogP contribution in [0.3, 0.4) is 0 Å². The van der Waals surface area contributed by atoms with Gasteiger partial charge in [0.05, 0.1) is 4.92 Å². The lowest BCUT2D eigenvalue weighted by Gasteiger charge is -2.07. The highest BCUT2D eigenvalue weighted by Gasteiger charge is 2.11. The second kappa shape index (κ2) is 4.79. The van der Waals surface area contributed by atoms with Crippen LogP contribution in [-0.4, -0.2) is 4.92 Å². The highest BCUT2D eigenvalue weighted by molar-refractivity contribution is 6.28. The van der Waals surface area contributed by atoms with E-state index in [4.69, 9.17) is 11.6 Å². The number of halogens is 1. The molecule has 0 unspecified atom stereocenters. The largest absolute Gasteiger partial charge is 0.356 e. The lowest BCUT2D eigenvalue weighted by atomic mass is 10.2. The molecule has 0 bridgehead atoms. The van der Waals surface area contributed by atoms with Gasteiger partial charge in [0.15, 0.2) is 0 Å². The van der Waals surface area contributed by atoms with Gasteiger partial charge in [-0.25, -0.2) is 0 Å². The molecule has 80 valence electrons. The van der Waals surface area contributed by atoms with E-state index in [1.54, 1.807) is 6.92 Å². The van der Waals surface area contributed by atoms with E-state index in [0.29, 0.717) is 5.70 Å². The molecule has 0 radical (unpaired) electrons. The third-order valence-electron chi connectivity index (χ3n) is 1.94. The number of anilines is 1. The van der Waals surface area contributed by atoms with Crippen molar-refractivity contribution in [3.8, 4) is 0 Å². The topological polar surface area (TPSA) is 55.2 Å². The van der Waals surface area contributed by atoms with E-state index in [1.807, 2.05) is 31.2 Å². The summed E-state index contributed by atoms with van der Waals surface area (Å²) in [4.78, 5) is 9.77. The summed E-state index contributed by atoms with van der Waals surface area (Å²) in [7, 11) is 0. The minimum Gasteiger partial charge on any atom is -0.353 e. The SMILES string of the molecule is CC(Nc1ccccc1C)=C(Cl)[N+](=O)[O-]. The fourth-order valence-electron chi connectivity index (χ4n) is 1.10. The molecule has 0 aliphatic heterocycles. The first-order valence-corrected chi connectivity index (χ1v) is 4.73.